The number of benzene rings is 1. The van der Waals surface area contributed by atoms with Crippen molar-refractivity contribution >= 4 is 22.3 Å². The molecule has 0 N–H and O–H groups in total. The molecule has 0 aliphatic heterocycles. The van der Waals surface area contributed by atoms with Crippen molar-refractivity contribution in [2.24, 2.45) is 0 Å². The van der Waals surface area contributed by atoms with Gasteiger partial charge in [0.15, 0.2) is 0 Å². The zero-order valence-corrected chi connectivity index (χ0v) is 10.8. The minimum absolute atomic E-state index is 0.134. The Morgan fingerprint density at radius 3 is 2.45 bits per heavy atom. The number of nitrogens with zero attached hydrogens (tertiary/aromatic N) is 3. The summed E-state index contributed by atoms with van der Waals surface area (Å²) in [5.74, 6) is 0. The standard InChI is InChI=1S/C11H11N3O6/c1-3-4-12-11(15)7-5-8(13(16)17)6(2)9(14(18)19)10(7)20-12/h5H,3-4H2,1-2H3. The van der Waals surface area contributed by atoms with E-state index in [-0.39, 0.29) is 23.1 Å². The van der Waals surface area contributed by atoms with E-state index in [2.05, 4.69) is 0 Å². The Labute approximate surface area is 111 Å². The monoisotopic (exact) mass is 281 g/mol. The van der Waals surface area contributed by atoms with E-state index < -0.39 is 26.8 Å². The van der Waals surface area contributed by atoms with E-state index in [0.29, 0.717) is 6.42 Å². The third-order valence-corrected chi connectivity index (χ3v) is 2.94. The summed E-state index contributed by atoms with van der Waals surface area (Å²) in [7, 11) is 0. The van der Waals surface area contributed by atoms with Gasteiger partial charge < -0.3 is 4.52 Å². The number of hydrogen-bond acceptors (Lipinski definition) is 6. The zero-order valence-electron chi connectivity index (χ0n) is 10.8. The van der Waals surface area contributed by atoms with Gasteiger partial charge in [-0.05, 0) is 13.3 Å². The smallest absolute Gasteiger partial charge is 0.324 e. The highest BCUT2D eigenvalue weighted by Crippen LogP contribution is 2.34. The average molecular weight is 281 g/mol. The van der Waals surface area contributed by atoms with Crippen molar-refractivity contribution in [2.45, 2.75) is 26.8 Å². The molecule has 0 atom stereocenters. The van der Waals surface area contributed by atoms with E-state index in [1.54, 1.807) is 0 Å². The van der Waals surface area contributed by atoms with Crippen LogP contribution in [0.5, 0.6) is 0 Å². The summed E-state index contributed by atoms with van der Waals surface area (Å²) >= 11 is 0. The molecule has 0 bridgehead atoms. The van der Waals surface area contributed by atoms with Crippen LogP contribution in [0.2, 0.25) is 0 Å². The van der Waals surface area contributed by atoms with Crippen molar-refractivity contribution in [1.82, 2.24) is 4.74 Å². The number of hydrogen-bond donors (Lipinski definition) is 0. The van der Waals surface area contributed by atoms with Crippen LogP contribution in [0.3, 0.4) is 0 Å². The highest BCUT2D eigenvalue weighted by molar-refractivity contribution is 5.89. The van der Waals surface area contributed by atoms with E-state index >= 15 is 0 Å². The van der Waals surface area contributed by atoms with Gasteiger partial charge in [0, 0.05) is 6.07 Å². The maximum Gasteiger partial charge on any atom is 0.324 e. The van der Waals surface area contributed by atoms with E-state index in [0.717, 1.165) is 10.8 Å². The van der Waals surface area contributed by atoms with Gasteiger partial charge in [-0.25, -0.2) is 0 Å². The lowest BCUT2D eigenvalue weighted by molar-refractivity contribution is -0.394. The predicted molar refractivity (Wildman–Crippen MR) is 68.8 cm³/mol. The van der Waals surface area contributed by atoms with Crippen LogP contribution in [-0.4, -0.2) is 14.6 Å². The molecule has 2 aromatic rings. The molecule has 0 aliphatic carbocycles. The molecule has 9 nitrogen and oxygen atoms in total. The minimum atomic E-state index is -0.774. The number of nitro benzene ring substituents is 2. The second kappa shape index (κ2) is 4.76. The summed E-state index contributed by atoms with van der Waals surface area (Å²) in [6.07, 6.45) is 0.592. The lowest BCUT2D eigenvalue weighted by Gasteiger charge is -1.98. The Balaban J connectivity index is 2.94. The molecule has 0 aliphatic rings. The van der Waals surface area contributed by atoms with Gasteiger partial charge in [0.1, 0.15) is 10.9 Å². The first kappa shape index (κ1) is 13.7. The van der Waals surface area contributed by atoms with Gasteiger partial charge in [-0.2, -0.15) is 4.74 Å². The molecule has 1 aromatic carbocycles. The fourth-order valence-electron chi connectivity index (χ4n) is 2.03. The van der Waals surface area contributed by atoms with Gasteiger partial charge in [-0.1, -0.05) is 6.92 Å². The van der Waals surface area contributed by atoms with Gasteiger partial charge in [0.2, 0.25) is 5.58 Å². The predicted octanol–water partition coefficient (Wildman–Crippen LogP) is 2.13. The summed E-state index contributed by atoms with van der Waals surface area (Å²) < 4.78 is 6.16. The number of fused-ring (bicyclic) bond motifs is 1. The molecule has 0 radical (unpaired) electrons. The number of aromatic nitrogens is 1. The molecular formula is C11H11N3O6. The second-order valence-electron chi connectivity index (χ2n) is 4.26. The molecule has 106 valence electrons. The maximum atomic E-state index is 12.0. The second-order valence-corrected chi connectivity index (χ2v) is 4.26. The summed E-state index contributed by atoms with van der Waals surface area (Å²) in [4.78, 5) is 32.5. The summed E-state index contributed by atoms with van der Waals surface area (Å²) in [6, 6.07) is 1.02. The van der Waals surface area contributed by atoms with Crippen LogP contribution >= 0.6 is 0 Å². The average Bonchev–Trinajstić information content (AvgIpc) is 2.65. The molecular weight excluding hydrogens is 270 g/mol. The summed E-state index contributed by atoms with van der Waals surface area (Å²) in [5.41, 5.74) is -1.97. The van der Waals surface area contributed by atoms with Crippen molar-refractivity contribution in [2.75, 3.05) is 0 Å². The van der Waals surface area contributed by atoms with E-state index in [4.69, 9.17) is 4.52 Å². The van der Waals surface area contributed by atoms with Crippen LogP contribution in [0, 0.1) is 27.2 Å². The quantitative estimate of drug-likeness (QED) is 0.625. The fourth-order valence-corrected chi connectivity index (χ4v) is 2.03. The summed E-state index contributed by atoms with van der Waals surface area (Å²) in [5, 5.41) is 21.9. The van der Waals surface area contributed by atoms with Crippen LogP contribution in [-0.2, 0) is 6.54 Å². The van der Waals surface area contributed by atoms with Gasteiger partial charge in [0.25, 0.3) is 11.2 Å². The van der Waals surface area contributed by atoms with Crippen LogP contribution in [0.25, 0.3) is 11.0 Å². The Morgan fingerprint density at radius 1 is 1.30 bits per heavy atom. The normalized spacial score (nSPS) is 10.9. The first-order chi connectivity index (χ1) is 9.38. The molecule has 0 unspecified atom stereocenters. The first-order valence-corrected chi connectivity index (χ1v) is 5.84. The van der Waals surface area contributed by atoms with Crippen molar-refractivity contribution in [1.29, 1.82) is 0 Å². The highest BCUT2D eigenvalue weighted by atomic mass is 16.6. The molecule has 1 aromatic heterocycles. The molecule has 0 amide bonds. The lowest BCUT2D eigenvalue weighted by Crippen LogP contribution is -2.13. The first-order valence-electron chi connectivity index (χ1n) is 5.84. The molecule has 9 heteroatoms. The Bertz CT molecular complexity index is 773. The Hall–Kier alpha value is -2.71. The lowest BCUT2D eigenvalue weighted by atomic mass is 10.1. The Kier molecular flexibility index (Phi) is 3.26. The number of rotatable bonds is 4. The van der Waals surface area contributed by atoms with Crippen molar-refractivity contribution in [3.05, 3.63) is 42.2 Å². The van der Waals surface area contributed by atoms with Gasteiger partial charge in [-0.3, -0.25) is 25.0 Å². The fraction of sp³-hybridized carbons (Fsp3) is 0.364. The third-order valence-electron chi connectivity index (χ3n) is 2.94. The molecule has 20 heavy (non-hydrogen) atoms. The Morgan fingerprint density at radius 2 is 1.95 bits per heavy atom. The zero-order chi connectivity index (χ0) is 15.0. The van der Waals surface area contributed by atoms with Crippen LogP contribution < -0.4 is 5.56 Å². The molecule has 0 fully saturated rings. The molecule has 0 saturated heterocycles. The van der Waals surface area contributed by atoms with Gasteiger partial charge >= 0.3 is 5.69 Å². The molecule has 1 heterocycles. The minimum Gasteiger partial charge on any atom is -0.368 e. The highest BCUT2D eigenvalue weighted by Gasteiger charge is 2.30. The largest absolute Gasteiger partial charge is 0.368 e. The van der Waals surface area contributed by atoms with Crippen molar-refractivity contribution < 1.29 is 14.4 Å². The number of nitro groups is 2. The van der Waals surface area contributed by atoms with Crippen molar-refractivity contribution in [3.63, 3.8) is 0 Å². The van der Waals surface area contributed by atoms with E-state index in [9.17, 15) is 25.0 Å². The van der Waals surface area contributed by atoms with E-state index in [1.165, 1.54) is 6.92 Å². The topological polar surface area (TPSA) is 121 Å². The van der Waals surface area contributed by atoms with Gasteiger partial charge in [-0.15, -0.1) is 0 Å². The SMILES string of the molecule is CCCn1oc2c([N+](=O)[O-])c(C)c([N+](=O)[O-])cc2c1=O. The summed E-state index contributed by atoms with van der Waals surface area (Å²) in [6.45, 7) is 3.31. The molecule has 0 spiro atoms. The number of aryl methyl sites for hydroxylation is 1. The molecule has 2 rings (SSSR count). The van der Waals surface area contributed by atoms with Gasteiger partial charge in [0.05, 0.1) is 16.4 Å². The third kappa shape index (κ3) is 1.92. The van der Waals surface area contributed by atoms with Crippen LogP contribution in [0.1, 0.15) is 18.9 Å². The maximum absolute atomic E-state index is 12.0. The van der Waals surface area contributed by atoms with Crippen LogP contribution in [0.4, 0.5) is 11.4 Å². The van der Waals surface area contributed by atoms with E-state index in [1.807, 2.05) is 6.92 Å². The van der Waals surface area contributed by atoms with Crippen molar-refractivity contribution in [3.8, 4) is 0 Å². The van der Waals surface area contributed by atoms with Crippen LogP contribution in [0.15, 0.2) is 15.4 Å². The molecule has 0 saturated carbocycles.